The van der Waals surface area contributed by atoms with E-state index >= 15 is 0 Å². The molecule has 0 spiro atoms. The molecule has 0 radical (unpaired) electrons. The van der Waals surface area contributed by atoms with Crippen molar-refractivity contribution in [1.29, 1.82) is 0 Å². The van der Waals surface area contributed by atoms with Gasteiger partial charge in [0.25, 0.3) is 0 Å². The minimum atomic E-state index is 1.15. The molecule has 0 unspecified atom stereocenters. The highest BCUT2D eigenvalue weighted by Gasteiger charge is 2.15. The standard InChI is InChI=1S/C48H31NS/c1-3-11-32(12-4-1)37-27-38(33-13-5-2-6-14-33)29-39(28-37)34-19-23-40(24-20-34)49-45-17-9-7-15-41(45)43-30-35(21-25-46(43)49)36-22-26-48-44(31-36)42-16-8-10-18-47(42)50-48/h1-31H. The van der Waals surface area contributed by atoms with Gasteiger partial charge in [-0.3, -0.25) is 0 Å². The molecule has 2 aromatic heterocycles. The fourth-order valence-electron chi connectivity index (χ4n) is 7.53. The number of aromatic nitrogens is 1. The van der Waals surface area contributed by atoms with Gasteiger partial charge in [-0.05, 0) is 111 Å². The van der Waals surface area contributed by atoms with E-state index in [2.05, 4.69) is 193 Å². The van der Waals surface area contributed by atoms with Gasteiger partial charge in [0.1, 0.15) is 0 Å². The van der Waals surface area contributed by atoms with Crippen LogP contribution in [0.25, 0.3) is 92.2 Å². The maximum absolute atomic E-state index is 2.41. The normalized spacial score (nSPS) is 11.6. The summed E-state index contributed by atoms with van der Waals surface area (Å²) in [5, 5.41) is 5.19. The molecule has 2 heteroatoms. The SMILES string of the molecule is c1ccc(-c2cc(-c3ccccc3)cc(-c3ccc(-n4c5ccccc5c5cc(-c6ccc7sc8ccccc8c7c6)ccc54)cc3)c2)cc1. The number of rotatable bonds is 5. The molecule has 0 fully saturated rings. The number of hydrogen-bond acceptors (Lipinski definition) is 1. The van der Waals surface area contributed by atoms with Gasteiger partial charge in [0.2, 0.25) is 0 Å². The molecular weight excluding hydrogens is 623 g/mol. The summed E-state index contributed by atoms with van der Waals surface area (Å²) in [7, 11) is 0. The fraction of sp³-hybridized carbons (Fsp3) is 0. The molecule has 0 saturated carbocycles. The van der Waals surface area contributed by atoms with E-state index in [0.717, 1.165) is 5.69 Å². The zero-order valence-corrected chi connectivity index (χ0v) is 28.1. The van der Waals surface area contributed by atoms with Crippen LogP contribution < -0.4 is 0 Å². The highest BCUT2D eigenvalue weighted by atomic mass is 32.1. The van der Waals surface area contributed by atoms with Gasteiger partial charge >= 0.3 is 0 Å². The van der Waals surface area contributed by atoms with Crippen LogP contribution in [0.3, 0.4) is 0 Å². The topological polar surface area (TPSA) is 4.93 Å². The highest BCUT2D eigenvalue weighted by molar-refractivity contribution is 7.25. The van der Waals surface area contributed by atoms with E-state index in [1.54, 1.807) is 0 Å². The van der Waals surface area contributed by atoms with Gasteiger partial charge in [0.05, 0.1) is 11.0 Å². The molecule has 1 nitrogen and oxygen atoms in total. The van der Waals surface area contributed by atoms with Gasteiger partial charge in [0.15, 0.2) is 0 Å². The first kappa shape index (κ1) is 28.8. The Morgan fingerprint density at radius 1 is 0.280 bits per heavy atom. The van der Waals surface area contributed by atoms with Crippen LogP contribution >= 0.6 is 11.3 Å². The zero-order valence-electron chi connectivity index (χ0n) is 27.3. The van der Waals surface area contributed by atoms with Crippen molar-refractivity contribution >= 4 is 53.3 Å². The van der Waals surface area contributed by atoms with E-state index in [9.17, 15) is 0 Å². The van der Waals surface area contributed by atoms with Crippen molar-refractivity contribution in [2.24, 2.45) is 0 Å². The van der Waals surface area contributed by atoms with E-state index in [1.165, 1.54) is 86.5 Å². The Balaban J connectivity index is 1.07. The van der Waals surface area contributed by atoms with Crippen LogP contribution in [0.5, 0.6) is 0 Å². The Hall–Kier alpha value is -6.22. The first-order chi connectivity index (χ1) is 24.8. The summed E-state index contributed by atoms with van der Waals surface area (Å²) in [6, 6.07) is 68.7. The van der Waals surface area contributed by atoms with Crippen LogP contribution in [0, 0.1) is 0 Å². The number of thiophene rings is 1. The van der Waals surface area contributed by atoms with Crippen molar-refractivity contribution in [2.75, 3.05) is 0 Å². The molecule has 10 aromatic rings. The van der Waals surface area contributed by atoms with Crippen LogP contribution in [0.2, 0.25) is 0 Å². The van der Waals surface area contributed by atoms with E-state index < -0.39 is 0 Å². The number of benzene rings is 8. The average Bonchev–Trinajstić information content (AvgIpc) is 3.73. The summed E-state index contributed by atoms with van der Waals surface area (Å²) in [6.45, 7) is 0. The minimum Gasteiger partial charge on any atom is -0.309 e. The van der Waals surface area contributed by atoms with Crippen LogP contribution in [0.4, 0.5) is 0 Å². The molecule has 0 aliphatic heterocycles. The van der Waals surface area contributed by atoms with Crippen molar-refractivity contribution in [3.8, 4) is 50.2 Å². The first-order valence-corrected chi connectivity index (χ1v) is 17.9. The molecular formula is C48H31NS. The van der Waals surface area contributed by atoms with Gasteiger partial charge in [-0.25, -0.2) is 0 Å². The van der Waals surface area contributed by atoms with E-state index in [-0.39, 0.29) is 0 Å². The molecule has 0 amide bonds. The van der Waals surface area contributed by atoms with Crippen molar-refractivity contribution < 1.29 is 0 Å². The molecule has 0 atom stereocenters. The predicted molar refractivity (Wildman–Crippen MR) is 215 cm³/mol. The molecule has 8 aromatic carbocycles. The number of fused-ring (bicyclic) bond motifs is 6. The van der Waals surface area contributed by atoms with E-state index in [1.807, 2.05) is 11.3 Å². The molecule has 0 bridgehead atoms. The Kier molecular flexibility index (Phi) is 6.75. The average molecular weight is 654 g/mol. The number of para-hydroxylation sites is 1. The molecule has 0 N–H and O–H groups in total. The van der Waals surface area contributed by atoms with Gasteiger partial charge in [0, 0.05) is 36.6 Å². The van der Waals surface area contributed by atoms with Crippen LogP contribution in [-0.4, -0.2) is 4.57 Å². The fourth-order valence-corrected chi connectivity index (χ4v) is 8.61. The van der Waals surface area contributed by atoms with Crippen molar-refractivity contribution in [3.63, 3.8) is 0 Å². The second-order valence-corrected chi connectivity index (χ2v) is 14.1. The number of nitrogens with zero attached hydrogens (tertiary/aromatic N) is 1. The van der Waals surface area contributed by atoms with Gasteiger partial charge < -0.3 is 4.57 Å². The lowest BCUT2D eigenvalue weighted by Gasteiger charge is -2.13. The maximum atomic E-state index is 2.41. The maximum Gasteiger partial charge on any atom is 0.0541 e. The Morgan fingerprint density at radius 2 is 0.760 bits per heavy atom. The zero-order chi connectivity index (χ0) is 33.0. The monoisotopic (exact) mass is 653 g/mol. The Morgan fingerprint density at radius 3 is 1.44 bits per heavy atom. The van der Waals surface area contributed by atoms with Crippen molar-refractivity contribution in [1.82, 2.24) is 4.57 Å². The summed E-state index contributed by atoms with van der Waals surface area (Å²) in [4.78, 5) is 0. The van der Waals surface area contributed by atoms with Crippen LogP contribution in [-0.2, 0) is 0 Å². The molecule has 0 aliphatic carbocycles. The molecule has 0 saturated heterocycles. The van der Waals surface area contributed by atoms with Crippen molar-refractivity contribution in [2.45, 2.75) is 0 Å². The van der Waals surface area contributed by atoms with Gasteiger partial charge in [-0.1, -0.05) is 121 Å². The third-order valence-corrected chi connectivity index (χ3v) is 11.1. The highest BCUT2D eigenvalue weighted by Crippen LogP contribution is 2.39. The smallest absolute Gasteiger partial charge is 0.0541 e. The lowest BCUT2D eigenvalue weighted by molar-refractivity contribution is 1.18. The number of hydrogen-bond donors (Lipinski definition) is 0. The van der Waals surface area contributed by atoms with Gasteiger partial charge in [-0.15, -0.1) is 11.3 Å². The third-order valence-electron chi connectivity index (χ3n) is 9.99. The lowest BCUT2D eigenvalue weighted by Crippen LogP contribution is -1.94. The van der Waals surface area contributed by atoms with Crippen molar-refractivity contribution in [3.05, 3.63) is 188 Å². The third kappa shape index (κ3) is 4.84. The van der Waals surface area contributed by atoms with Gasteiger partial charge in [-0.2, -0.15) is 0 Å². The summed E-state index contributed by atoms with van der Waals surface area (Å²) >= 11 is 1.87. The summed E-state index contributed by atoms with van der Waals surface area (Å²) < 4.78 is 5.08. The quantitative estimate of drug-likeness (QED) is 0.174. The largest absolute Gasteiger partial charge is 0.309 e. The molecule has 234 valence electrons. The summed E-state index contributed by atoms with van der Waals surface area (Å²) in [5.74, 6) is 0. The van der Waals surface area contributed by atoms with Crippen LogP contribution in [0.1, 0.15) is 0 Å². The lowest BCUT2D eigenvalue weighted by atomic mass is 9.93. The minimum absolute atomic E-state index is 1.15. The molecule has 50 heavy (non-hydrogen) atoms. The Bertz CT molecular complexity index is 2780. The van der Waals surface area contributed by atoms with Crippen LogP contribution in [0.15, 0.2) is 188 Å². The van der Waals surface area contributed by atoms with E-state index in [0.29, 0.717) is 0 Å². The molecule has 0 aliphatic rings. The summed E-state index contributed by atoms with van der Waals surface area (Å²) in [6.07, 6.45) is 0. The predicted octanol–water partition coefficient (Wildman–Crippen LogP) is 13.8. The summed E-state index contributed by atoms with van der Waals surface area (Å²) in [5.41, 5.74) is 13.3. The second-order valence-electron chi connectivity index (χ2n) is 13.0. The second kappa shape index (κ2) is 11.7. The Labute approximate surface area is 295 Å². The first-order valence-electron chi connectivity index (χ1n) is 17.1. The molecule has 2 heterocycles. The van der Waals surface area contributed by atoms with E-state index in [4.69, 9.17) is 0 Å². The molecule has 10 rings (SSSR count).